The molecule has 2 aromatic carbocycles. The van der Waals surface area contributed by atoms with Crippen molar-refractivity contribution in [3.63, 3.8) is 0 Å². The Balaban J connectivity index is 1.40. The van der Waals surface area contributed by atoms with Crippen molar-refractivity contribution in [1.82, 2.24) is 4.90 Å². The van der Waals surface area contributed by atoms with Crippen LogP contribution in [-0.2, 0) is 4.79 Å². The minimum atomic E-state index is -0.496. The van der Waals surface area contributed by atoms with Gasteiger partial charge in [-0.25, -0.2) is 0 Å². The lowest BCUT2D eigenvalue weighted by atomic mass is 10.0. The summed E-state index contributed by atoms with van der Waals surface area (Å²) < 4.78 is 16.8. The van der Waals surface area contributed by atoms with Crippen LogP contribution in [0.2, 0.25) is 0 Å². The molecule has 1 amide bonds. The van der Waals surface area contributed by atoms with Gasteiger partial charge in [-0.2, -0.15) is 0 Å². The summed E-state index contributed by atoms with van der Waals surface area (Å²) in [4.78, 5) is 29.2. The molecule has 1 fully saturated rings. The summed E-state index contributed by atoms with van der Waals surface area (Å²) in [5.74, 6) is 0.976. The number of benzene rings is 2. The lowest BCUT2D eigenvalue weighted by Crippen LogP contribution is -2.40. The number of carbonyl (C=O) groups excluding carboxylic acids is 2. The number of nitrogens with zero attached hydrogens (tertiary/aromatic N) is 2. The smallest absolute Gasteiger partial charge is 0.300 e. The van der Waals surface area contributed by atoms with E-state index in [9.17, 15) is 9.59 Å². The van der Waals surface area contributed by atoms with E-state index in [4.69, 9.17) is 14.2 Å². The first-order valence-electron chi connectivity index (χ1n) is 10.4. The molecule has 2 aromatic rings. The van der Waals surface area contributed by atoms with Crippen molar-refractivity contribution in [3.8, 4) is 17.2 Å². The van der Waals surface area contributed by atoms with E-state index in [1.54, 1.807) is 17.0 Å². The topological polar surface area (TPSA) is 68.3 Å². The van der Waals surface area contributed by atoms with Gasteiger partial charge in [-0.15, -0.1) is 0 Å². The number of hydrogen-bond acceptors (Lipinski definition) is 6. The number of likely N-dealkylation sites (tertiary alicyclic amines) is 1. The molecular formula is C23H24N2O5. The predicted octanol–water partition coefficient (Wildman–Crippen LogP) is 3.18. The number of hydrogen-bond donors (Lipinski definition) is 0. The van der Waals surface area contributed by atoms with E-state index in [2.05, 4.69) is 17.0 Å². The Morgan fingerprint density at radius 2 is 1.80 bits per heavy atom. The second kappa shape index (κ2) is 7.65. The molecule has 30 heavy (non-hydrogen) atoms. The predicted molar refractivity (Wildman–Crippen MR) is 110 cm³/mol. The van der Waals surface area contributed by atoms with Crippen LogP contribution in [0.3, 0.4) is 0 Å². The third-order valence-corrected chi connectivity index (χ3v) is 5.90. The standard InChI is InChI=1S/C23H24N2O5/c1-2-28-16-7-5-15(6-8-16)18-4-3-9-24(18)14-25-19-13-21-20(29-10-11-30-21)12-17(19)22(26)23(25)27/h5-8,12-13,18H,2-4,9-11,14H2,1H3/t18-/m1/s1. The minimum absolute atomic E-state index is 0.199. The van der Waals surface area contributed by atoms with Crippen molar-refractivity contribution < 1.29 is 23.8 Å². The summed E-state index contributed by atoms with van der Waals surface area (Å²) in [5.41, 5.74) is 2.18. The van der Waals surface area contributed by atoms with E-state index < -0.39 is 11.7 Å². The quantitative estimate of drug-likeness (QED) is 0.708. The van der Waals surface area contributed by atoms with E-state index in [0.29, 0.717) is 49.2 Å². The molecule has 5 rings (SSSR count). The molecule has 0 unspecified atom stereocenters. The first-order chi connectivity index (χ1) is 14.7. The van der Waals surface area contributed by atoms with Gasteiger partial charge in [0.1, 0.15) is 19.0 Å². The fourth-order valence-electron chi connectivity index (χ4n) is 4.48. The van der Waals surface area contributed by atoms with Crippen LogP contribution < -0.4 is 19.1 Å². The van der Waals surface area contributed by atoms with Gasteiger partial charge in [-0.05, 0) is 43.5 Å². The van der Waals surface area contributed by atoms with E-state index in [1.807, 2.05) is 19.1 Å². The molecule has 0 aliphatic carbocycles. The normalized spacial score (nSPS) is 20.6. The monoisotopic (exact) mass is 408 g/mol. The third-order valence-electron chi connectivity index (χ3n) is 5.90. The van der Waals surface area contributed by atoms with Gasteiger partial charge in [0, 0.05) is 18.7 Å². The number of carbonyl (C=O) groups is 2. The zero-order chi connectivity index (χ0) is 20.7. The van der Waals surface area contributed by atoms with Gasteiger partial charge in [0.15, 0.2) is 11.5 Å². The SMILES string of the molecule is CCOc1ccc([C@H]2CCCN2CN2C(=O)C(=O)c3cc4c(cc32)OCCO4)cc1. The summed E-state index contributed by atoms with van der Waals surface area (Å²) in [6.45, 7) is 4.74. The van der Waals surface area contributed by atoms with Crippen LogP contribution in [-0.4, -0.2) is 49.6 Å². The van der Waals surface area contributed by atoms with Crippen molar-refractivity contribution in [2.24, 2.45) is 0 Å². The average Bonchev–Trinajstić information content (AvgIpc) is 3.32. The Morgan fingerprint density at radius 1 is 1.07 bits per heavy atom. The first kappa shape index (κ1) is 18.9. The van der Waals surface area contributed by atoms with Gasteiger partial charge < -0.3 is 14.2 Å². The van der Waals surface area contributed by atoms with E-state index in [-0.39, 0.29) is 6.04 Å². The molecule has 7 nitrogen and oxygen atoms in total. The fraction of sp³-hybridized carbons (Fsp3) is 0.391. The molecule has 0 N–H and O–H groups in total. The Kier molecular flexibility index (Phi) is 4.83. The molecule has 3 heterocycles. The molecule has 1 saturated heterocycles. The van der Waals surface area contributed by atoms with E-state index in [0.717, 1.165) is 25.1 Å². The van der Waals surface area contributed by atoms with Crippen LogP contribution in [0.1, 0.15) is 41.7 Å². The number of anilines is 1. The molecule has 3 aliphatic heterocycles. The van der Waals surface area contributed by atoms with Crippen molar-refractivity contribution in [2.45, 2.75) is 25.8 Å². The zero-order valence-corrected chi connectivity index (χ0v) is 16.9. The van der Waals surface area contributed by atoms with Crippen LogP contribution >= 0.6 is 0 Å². The highest BCUT2D eigenvalue weighted by Gasteiger charge is 2.40. The van der Waals surface area contributed by atoms with Crippen molar-refractivity contribution >= 4 is 17.4 Å². The number of amides is 1. The molecule has 0 spiro atoms. The maximum absolute atomic E-state index is 12.8. The molecule has 7 heteroatoms. The number of rotatable bonds is 5. The van der Waals surface area contributed by atoms with Crippen LogP contribution in [0.4, 0.5) is 5.69 Å². The first-order valence-corrected chi connectivity index (χ1v) is 10.4. The Labute approximate surface area is 175 Å². The Hall–Kier alpha value is -3.06. The van der Waals surface area contributed by atoms with Crippen molar-refractivity contribution in [1.29, 1.82) is 0 Å². The summed E-state index contributed by atoms with van der Waals surface area (Å²) >= 11 is 0. The summed E-state index contributed by atoms with van der Waals surface area (Å²) in [6, 6.07) is 11.7. The van der Waals surface area contributed by atoms with Gasteiger partial charge in [-0.3, -0.25) is 19.4 Å². The van der Waals surface area contributed by atoms with Crippen LogP contribution in [0.15, 0.2) is 36.4 Å². The zero-order valence-electron chi connectivity index (χ0n) is 16.9. The van der Waals surface area contributed by atoms with Crippen LogP contribution in [0.5, 0.6) is 17.2 Å². The number of fused-ring (bicyclic) bond motifs is 2. The molecule has 1 atom stereocenters. The maximum atomic E-state index is 12.8. The van der Waals surface area contributed by atoms with Crippen LogP contribution in [0, 0.1) is 0 Å². The number of Topliss-reactive ketones (excluding diaryl/α,β-unsaturated/α-hetero) is 1. The largest absolute Gasteiger partial charge is 0.494 e. The highest BCUT2D eigenvalue weighted by molar-refractivity contribution is 6.52. The Morgan fingerprint density at radius 3 is 2.53 bits per heavy atom. The number of ketones is 1. The lowest BCUT2D eigenvalue weighted by molar-refractivity contribution is -0.114. The summed E-state index contributed by atoms with van der Waals surface area (Å²) in [5, 5.41) is 0. The maximum Gasteiger partial charge on any atom is 0.300 e. The number of ether oxygens (including phenoxy) is 3. The van der Waals surface area contributed by atoms with Gasteiger partial charge in [0.05, 0.1) is 24.5 Å². The summed E-state index contributed by atoms with van der Waals surface area (Å²) in [6.07, 6.45) is 2.06. The molecule has 3 aliphatic rings. The van der Waals surface area contributed by atoms with Crippen LogP contribution in [0.25, 0.3) is 0 Å². The molecule has 0 aromatic heterocycles. The highest BCUT2D eigenvalue weighted by Crippen LogP contribution is 2.41. The molecule has 0 bridgehead atoms. The van der Waals surface area contributed by atoms with Gasteiger partial charge in [-0.1, -0.05) is 12.1 Å². The average molecular weight is 408 g/mol. The Bertz CT molecular complexity index is 988. The van der Waals surface area contributed by atoms with Crippen molar-refractivity contribution in [3.05, 3.63) is 47.5 Å². The van der Waals surface area contributed by atoms with E-state index in [1.165, 1.54) is 5.56 Å². The summed E-state index contributed by atoms with van der Waals surface area (Å²) in [7, 11) is 0. The second-order valence-electron chi connectivity index (χ2n) is 7.69. The van der Waals surface area contributed by atoms with Gasteiger partial charge >= 0.3 is 5.91 Å². The minimum Gasteiger partial charge on any atom is -0.494 e. The molecular weight excluding hydrogens is 384 g/mol. The second-order valence-corrected chi connectivity index (χ2v) is 7.69. The van der Waals surface area contributed by atoms with Gasteiger partial charge in [0.25, 0.3) is 5.78 Å². The van der Waals surface area contributed by atoms with Gasteiger partial charge in [0.2, 0.25) is 0 Å². The third kappa shape index (κ3) is 3.19. The molecule has 156 valence electrons. The molecule has 0 radical (unpaired) electrons. The fourth-order valence-corrected chi connectivity index (χ4v) is 4.48. The van der Waals surface area contributed by atoms with E-state index >= 15 is 0 Å². The van der Waals surface area contributed by atoms with Crippen molar-refractivity contribution in [2.75, 3.05) is 37.9 Å². The molecule has 0 saturated carbocycles. The highest BCUT2D eigenvalue weighted by atomic mass is 16.6. The lowest BCUT2D eigenvalue weighted by Gasteiger charge is -2.30.